The number of carbonyl (C=O) groups excluding carboxylic acids is 1. The Hall–Kier alpha value is -2.85. The quantitative estimate of drug-likeness (QED) is 0.0233. The first-order valence-corrected chi connectivity index (χ1v) is 25.6. The average Bonchev–Trinajstić information content (AvgIpc) is 3.25. The van der Waals surface area contributed by atoms with E-state index in [4.69, 9.17) is 29.4 Å². The second-order valence-corrected chi connectivity index (χ2v) is 17.3. The molecule has 4 N–H and O–H groups in total. The Morgan fingerprint density at radius 3 is 1.40 bits per heavy atom. The Balaban J connectivity index is 4.22. The zero-order valence-electron chi connectivity index (χ0n) is 38.9. The van der Waals surface area contributed by atoms with Crippen LogP contribution in [0.25, 0.3) is 0 Å². The summed E-state index contributed by atoms with van der Waals surface area (Å²) < 4.78 is 33.4. The van der Waals surface area contributed by atoms with Gasteiger partial charge in [0.25, 0.3) is 0 Å². The second kappa shape index (κ2) is 46.2. The second-order valence-electron chi connectivity index (χ2n) is 15.9. The fraction of sp³-hybridized carbons (Fsp3) is 0.686. The van der Waals surface area contributed by atoms with Crippen LogP contribution in [0.3, 0.4) is 0 Å². The number of phosphoric ester groups is 1. The third-order valence-electron chi connectivity index (χ3n) is 9.91. The molecule has 0 aromatic carbocycles. The van der Waals surface area contributed by atoms with Crippen LogP contribution in [0, 0.1) is 0 Å². The summed E-state index contributed by atoms with van der Waals surface area (Å²) in [6, 6.07) is -1.48. The Bertz CT molecular complexity index is 1310. The molecule has 11 heteroatoms. The first-order valence-electron chi connectivity index (χ1n) is 24.1. The molecule has 0 rings (SSSR count). The highest BCUT2D eigenvalue weighted by Crippen LogP contribution is 2.43. The molecule has 0 aliphatic rings. The number of allylic oxidation sites excluding steroid dienone is 14. The van der Waals surface area contributed by atoms with Gasteiger partial charge in [0.15, 0.2) is 0 Å². The Kier molecular flexibility index (Phi) is 44.0. The molecule has 356 valence electrons. The van der Waals surface area contributed by atoms with Crippen molar-refractivity contribution in [1.82, 2.24) is 0 Å². The van der Waals surface area contributed by atoms with Gasteiger partial charge < -0.3 is 25.2 Å². The summed E-state index contributed by atoms with van der Waals surface area (Å²) in [6.45, 7) is 3.71. The van der Waals surface area contributed by atoms with Gasteiger partial charge in [-0.2, -0.15) is 0 Å². The largest absolute Gasteiger partial charge is 0.480 e. The van der Waals surface area contributed by atoms with E-state index in [0.29, 0.717) is 13.0 Å². The molecule has 0 fully saturated rings. The van der Waals surface area contributed by atoms with Gasteiger partial charge in [-0.3, -0.25) is 18.6 Å². The summed E-state index contributed by atoms with van der Waals surface area (Å²) in [7, 11) is -4.63. The van der Waals surface area contributed by atoms with E-state index < -0.39 is 45.1 Å². The van der Waals surface area contributed by atoms with Gasteiger partial charge in [0.05, 0.1) is 19.8 Å². The number of hydrogen-bond donors (Lipinski definition) is 3. The van der Waals surface area contributed by atoms with Gasteiger partial charge in [-0.05, 0) is 89.9 Å². The van der Waals surface area contributed by atoms with Crippen molar-refractivity contribution >= 4 is 19.8 Å². The van der Waals surface area contributed by atoms with Crippen LogP contribution in [-0.4, -0.2) is 60.5 Å². The number of hydrogen-bond acceptors (Lipinski definition) is 8. The molecule has 0 aliphatic heterocycles. The van der Waals surface area contributed by atoms with Gasteiger partial charge in [0, 0.05) is 13.0 Å². The van der Waals surface area contributed by atoms with E-state index >= 15 is 0 Å². The van der Waals surface area contributed by atoms with Crippen molar-refractivity contribution in [2.24, 2.45) is 5.73 Å². The third-order valence-corrected chi connectivity index (χ3v) is 10.9. The lowest BCUT2D eigenvalue weighted by Crippen LogP contribution is -2.34. The van der Waals surface area contributed by atoms with Crippen LogP contribution in [0.1, 0.15) is 187 Å². The van der Waals surface area contributed by atoms with Crippen LogP contribution < -0.4 is 5.73 Å². The van der Waals surface area contributed by atoms with Crippen LogP contribution in [-0.2, 0) is 32.7 Å². The van der Waals surface area contributed by atoms with Gasteiger partial charge >= 0.3 is 19.8 Å². The van der Waals surface area contributed by atoms with Crippen molar-refractivity contribution in [2.45, 2.75) is 199 Å². The summed E-state index contributed by atoms with van der Waals surface area (Å²) in [5, 5.41) is 8.92. The lowest BCUT2D eigenvalue weighted by molar-refractivity contribution is -0.154. The maximum atomic E-state index is 12.7. The molecule has 0 heterocycles. The molecule has 3 unspecified atom stereocenters. The van der Waals surface area contributed by atoms with Crippen molar-refractivity contribution in [3.8, 4) is 0 Å². The van der Waals surface area contributed by atoms with E-state index in [1.165, 1.54) is 64.2 Å². The maximum absolute atomic E-state index is 12.7. The first-order chi connectivity index (χ1) is 30.2. The van der Waals surface area contributed by atoms with Crippen molar-refractivity contribution in [2.75, 3.05) is 26.4 Å². The number of carbonyl (C=O) groups is 2. The highest BCUT2D eigenvalue weighted by molar-refractivity contribution is 7.47. The fourth-order valence-corrected chi connectivity index (χ4v) is 6.97. The predicted octanol–water partition coefficient (Wildman–Crippen LogP) is 13.9. The first kappa shape index (κ1) is 59.1. The van der Waals surface area contributed by atoms with Gasteiger partial charge in [-0.15, -0.1) is 0 Å². The van der Waals surface area contributed by atoms with Gasteiger partial charge in [0.1, 0.15) is 12.1 Å². The van der Waals surface area contributed by atoms with Crippen molar-refractivity contribution in [3.05, 3.63) is 85.1 Å². The summed E-state index contributed by atoms with van der Waals surface area (Å²) >= 11 is 0. The summed E-state index contributed by atoms with van der Waals surface area (Å²) in [5.41, 5.74) is 5.36. The van der Waals surface area contributed by atoms with E-state index in [2.05, 4.69) is 98.9 Å². The molecular formula is C51H88NO9P. The van der Waals surface area contributed by atoms with Crippen molar-refractivity contribution < 1.29 is 42.7 Å². The molecule has 0 spiro atoms. The van der Waals surface area contributed by atoms with E-state index in [1.54, 1.807) is 0 Å². The number of carboxylic acids is 1. The number of nitrogens with two attached hydrogens (primary N) is 1. The zero-order valence-corrected chi connectivity index (χ0v) is 39.8. The van der Waals surface area contributed by atoms with Crippen LogP contribution in [0.2, 0.25) is 0 Å². The van der Waals surface area contributed by atoms with Crippen LogP contribution in [0.15, 0.2) is 85.1 Å². The van der Waals surface area contributed by atoms with E-state index in [-0.39, 0.29) is 13.0 Å². The fourth-order valence-electron chi connectivity index (χ4n) is 6.19. The Labute approximate surface area is 377 Å². The minimum absolute atomic E-state index is 0.000532. The summed E-state index contributed by atoms with van der Waals surface area (Å²) in [5.74, 6) is -1.80. The molecule has 0 bridgehead atoms. The van der Waals surface area contributed by atoms with Crippen LogP contribution in [0.4, 0.5) is 0 Å². The molecule has 0 saturated carbocycles. The molecular weight excluding hydrogens is 802 g/mol. The minimum Gasteiger partial charge on any atom is -0.480 e. The topological polar surface area (TPSA) is 155 Å². The molecule has 3 atom stereocenters. The molecule has 0 radical (unpaired) electrons. The average molecular weight is 890 g/mol. The van der Waals surface area contributed by atoms with Crippen molar-refractivity contribution in [1.29, 1.82) is 0 Å². The number of phosphoric acid groups is 1. The number of esters is 1. The van der Waals surface area contributed by atoms with Crippen LogP contribution >= 0.6 is 7.82 Å². The molecule has 0 aromatic heterocycles. The monoisotopic (exact) mass is 890 g/mol. The van der Waals surface area contributed by atoms with E-state index in [0.717, 1.165) is 96.3 Å². The van der Waals surface area contributed by atoms with Gasteiger partial charge in [-0.1, -0.05) is 176 Å². The van der Waals surface area contributed by atoms with E-state index in [1.807, 2.05) is 0 Å². The molecule has 0 aliphatic carbocycles. The molecule has 0 amide bonds. The molecule has 62 heavy (non-hydrogen) atoms. The third kappa shape index (κ3) is 45.2. The molecule has 0 saturated heterocycles. The highest BCUT2D eigenvalue weighted by Gasteiger charge is 2.27. The number of aliphatic carboxylic acids is 1. The Morgan fingerprint density at radius 2 is 0.935 bits per heavy atom. The van der Waals surface area contributed by atoms with Gasteiger partial charge in [-0.25, -0.2) is 4.57 Å². The van der Waals surface area contributed by atoms with E-state index in [9.17, 15) is 19.0 Å². The van der Waals surface area contributed by atoms with Crippen LogP contribution in [0.5, 0.6) is 0 Å². The summed E-state index contributed by atoms with van der Waals surface area (Å²) in [6.07, 6.45) is 59.2. The van der Waals surface area contributed by atoms with Crippen molar-refractivity contribution in [3.63, 3.8) is 0 Å². The lowest BCUT2D eigenvalue weighted by Gasteiger charge is -2.20. The predicted molar refractivity (Wildman–Crippen MR) is 258 cm³/mol. The maximum Gasteiger partial charge on any atom is 0.472 e. The smallest absolute Gasteiger partial charge is 0.472 e. The molecule has 10 nitrogen and oxygen atoms in total. The minimum atomic E-state index is -4.63. The molecule has 0 aromatic rings. The number of unbranched alkanes of at least 4 members (excludes halogenated alkanes) is 17. The lowest BCUT2D eigenvalue weighted by atomic mass is 10.1. The number of rotatable bonds is 45. The normalized spacial score (nSPS) is 14.5. The zero-order chi connectivity index (χ0) is 45.5. The highest BCUT2D eigenvalue weighted by atomic mass is 31.2. The SMILES string of the molecule is CC/C=C\C/C=C\C/C=C\C/C=C\C/C=C\CCCCCCCCCCOCC(COP(=O)(O)OCC(N)C(=O)O)OC(=O)CCCCCCC/C=C\C/C=C\CCCCCC. The standard InChI is InChI=1S/C51H88NO9P/c1-3-5-7-9-11-13-15-17-19-21-22-23-24-25-26-27-28-30-32-34-36-38-40-42-44-58-45-48(46-59-62(56,57)60-47-49(52)51(54)55)61-50(53)43-41-39-37-35-33-31-29-20-18-16-14-12-10-8-6-4-2/h5,7,11,13-14,16-17,19-20,22-23,25-26,29,48-49H,3-4,6,8-10,12,15,18,21,24,27-28,30-47,52H2,1-2H3,(H,54,55)(H,56,57)/b7-5-,13-11-,16-14-,19-17-,23-22-,26-25-,29-20-. The Morgan fingerprint density at radius 1 is 0.532 bits per heavy atom. The summed E-state index contributed by atoms with van der Waals surface area (Å²) in [4.78, 5) is 33.6. The number of carboxylic acid groups (broad SMARTS) is 1. The number of ether oxygens (including phenoxy) is 2. The van der Waals surface area contributed by atoms with Gasteiger partial charge in [0.2, 0.25) is 0 Å².